The highest BCUT2D eigenvalue weighted by Gasteiger charge is 2.45. The molecule has 1 amide bonds. The van der Waals surface area contributed by atoms with Gasteiger partial charge in [0.1, 0.15) is 11.5 Å². The predicted molar refractivity (Wildman–Crippen MR) is 117 cm³/mol. The molecule has 0 saturated carbocycles. The highest BCUT2D eigenvalue weighted by Crippen LogP contribution is 2.39. The SMILES string of the molecule is COCCCN1C(=O)C(=O)C(=C(O)c2ccc(OC(C)C)c(C)c2)[C@H]1c1cccnc1. The second-order valence-electron chi connectivity index (χ2n) is 7.77. The summed E-state index contributed by atoms with van der Waals surface area (Å²) in [5, 5.41) is 11.1. The first-order valence-electron chi connectivity index (χ1n) is 10.3. The van der Waals surface area contributed by atoms with Crippen molar-refractivity contribution in [2.45, 2.75) is 39.3 Å². The molecule has 2 aromatic rings. The molecule has 2 heterocycles. The minimum Gasteiger partial charge on any atom is -0.507 e. The third kappa shape index (κ3) is 4.77. The van der Waals surface area contributed by atoms with E-state index in [1.807, 2.05) is 20.8 Å². The fraction of sp³-hybridized carbons (Fsp3) is 0.375. The van der Waals surface area contributed by atoms with Crippen molar-refractivity contribution in [3.8, 4) is 5.75 Å². The van der Waals surface area contributed by atoms with E-state index < -0.39 is 17.7 Å². The highest BCUT2D eigenvalue weighted by atomic mass is 16.5. The number of methoxy groups -OCH3 is 1. The van der Waals surface area contributed by atoms with Crippen molar-refractivity contribution in [1.29, 1.82) is 0 Å². The van der Waals surface area contributed by atoms with Crippen LogP contribution in [-0.2, 0) is 14.3 Å². The number of aliphatic hydroxyl groups excluding tert-OH is 1. The van der Waals surface area contributed by atoms with E-state index in [0.29, 0.717) is 36.4 Å². The summed E-state index contributed by atoms with van der Waals surface area (Å²) in [7, 11) is 1.59. The number of hydrogen-bond acceptors (Lipinski definition) is 6. The number of benzene rings is 1. The molecule has 0 bridgehead atoms. The molecule has 7 nitrogen and oxygen atoms in total. The number of rotatable bonds is 8. The quantitative estimate of drug-likeness (QED) is 0.301. The van der Waals surface area contributed by atoms with Crippen molar-refractivity contribution in [3.05, 3.63) is 65.0 Å². The molecule has 0 unspecified atom stereocenters. The standard InChI is InChI=1S/C24H28N2O5/c1-15(2)31-19-9-8-17(13-16(19)3)22(27)20-21(18-7-5-10-25-14-18)26(11-6-12-30-4)24(29)23(20)28/h5,7-10,13-15,21,27H,6,11-12H2,1-4H3/t21-/m1/s1. The summed E-state index contributed by atoms with van der Waals surface area (Å²) in [4.78, 5) is 31.4. The number of aliphatic hydroxyl groups is 1. The van der Waals surface area contributed by atoms with Gasteiger partial charge in [-0.1, -0.05) is 6.07 Å². The molecule has 0 aliphatic carbocycles. The van der Waals surface area contributed by atoms with Gasteiger partial charge in [-0.3, -0.25) is 14.6 Å². The molecular formula is C24H28N2O5. The van der Waals surface area contributed by atoms with Crippen LogP contribution in [0.25, 0.3) is 5.76 Å². The van der Waals surface area contributed by atoms with Crippen molar-refractivity contribution in [2.75, 3.05) is 20.3 Å². The number of carbonyl (C=O) groups is 2. The Hall–Kier alpha value is -3.19. The largest absolute Gasteiger partial charge is 0.507 e. The lowest BCUT2D eigenvalue weighted by molar-refractivity contribution is -0.140. The van der Waals surface area contributed by atoms with Crippen LogP contribution >= 0.6 is 0 Å². The van der Waals surface area contributed by atoms with Gasteiger partial charge in [-0.15, -0.1) is 0 Å². The number of hydrogen-bond donors (Lipinski definition) is 1. The van der Waals surface area contributed by atoms with E-state index in [1.165, 1.54) is 4.90 Å². The van der Waals surface area contributed by atoms with Crippen LogP contribution in [0.1, 0.15) is 43.0 Å². The Labute approximate surface area is 182 Å². The summed E-state index contributed by atoms with van der Waals surface area (Å²) in [5.74, 6) is -0.845. The van der Waals surface area contributed by atoms with E-state index in [2.05, 4.69) is 4.98 Å². The molecule has 1 fully saturated rings. The minimum atomic E-state index is -0.711. The summed E-state index contributed by atoms with van der Waals surface area (Å²) in [6.45, 7) is 6.53. The summed E-state index contributed by atoms with van der Waals surface area (Å²) < 4.78 is 10.9. The predicted octanol–water partition coefficient (Wildman–Crippen LogP) is 3.64. The van der Waals surface area contributed by atoms with Gasteiger partial charge in [0.25, 0.3) is 11.7 Å². The lowest BCUT2D eigenvalue weighted by Gasteiger charge is -2.25. The monoisotopic (exact) mass is 424 g/mol. The number of ketones is 1. The second-order valence-corrected chi connectivity index (χ2v) is 7.77. The molecule has 1 N–H and O–H groups in total. The maximum absolute atomic E-state index is 13.0. The summed E-state index contributed by atoms with van der Waals surface area (Å²) in [6, 6.07) is 8.04. The highest BCUT2D eigenvalue weighted by molar-refractivity contribution is 6.46. The van der Waals surface area contributed by atoms with Crippen LogP contribution in [0.15, 0.2) is 48.3 Å². The van der Waals surface area contributed by atoms with E-state index in [1.54, 1.807) is 49.8 Å². The number of carbonyl (C=O) groups excluding carboxylic acids is 2. The fourth-order valence-corrected chi connectivity index (χ4v) is 3.71. The zero-order chi connectivity index (χ0) is 22.5. The number of ether oxygens (including phenoxy) is 2. The molecule has 0 spiro atoms. The van der Waals surface area contributed by atoms with Crippen molar-refractivity contribution in [3.63, 3.8) is 0 Å². The van der Waals surface area contributed by atoms with Gasteiger partial charge in [0.05, 0.1) is 17.7 Å². The number of aromatic nitrogens is 1. The first kappa shape index (κ1) is 22.5. The number of nitrogens with zero attached hydrogens (tertiary/aromatic N) is 2. The Morgan fingerprint density at radius 2 is 2.03 bits per heavy atom. The molecule has 1 aromatic carbocycles. The third-order valence-corrected chi connectivity index (χ3v) is 5.10. The Morgan fingerprint density at radius 1 is 1.26 bits per heavy atom. The number of likely N-dealkylation sites (tertiary alicyclic amines) is 1. The van der Waals surface area contributed by atoms with E-state index in [4.69, 9.17) is 9.47 Å². The molecule has 31 heavy (non-hydrogen) atoms. The number of pyridine rings is 1. The van der Waals surface area contributed by atoms with Crippen molar-refractivity contribution < 1.29 is 24.2 Å². The maximum Gasteiger partial charge on any atom is 0.295 e. The zero-order valence-electron chi connectivity index (χ0n) is 18.3. The summed E-state index contributed by atoms with van der Waals surface area (Å²) >= 11 is 0. The molecule has 0 radical (unpaired) electrons. The molecule has 3 rings (SSSR count). The summed E-state index contributed by atoms with van der Waals surface area (Å²) in [5.41, 5.74) is 2.01. The van der Waals surface area contributed by atoms with Crippen LogP contribution in [0.4, 0.5) is 0 Å². The van der Waals surface area contributed by atoms with E-state index >= 15 is 0 Å². The Kier molecular flexibility index (Phi) is 7.07. The normalized spacial score (nSPS) is 18.1. The zero-order valence-corrected chi connectivity index (χ0v) is 18.3. The van der Waals surface area contributed by atoms with Gasteiger partial charge in [-0.05, 0) is 62.6 Å². The number of aryl methyl sites for hydroxylation is 1. The van der Waals surface area contributed by atoms with Crippen LogP contribution in [0.3, 0.4) is 0 Å². The number of Topliss-reactive ketones (excluding diaryl/α,β-unsaturated/α-hetero) is 1. The van der Waals surface area contributed by atoms with E-state index in [0.717, 1.165) is 5.56 Å². The van der Waals surface area contributed by atoms with Gasteiger partial charge in [0.2, 0.25) is 0 Å². The van der Waals surface area contributed by atoms with Gasteiger partial charge in [-0.25, -0.2) is 0 Å². The smallest absolute Gasteiger partial charge is 0.295 e. The molecule has 1 atom stereocenters. The molecular weight excluding hydrogens is 396 g/mol. The van der Waals surface area contributed by atoms with Gasteiger partial charge >= 0.3 is 0 Å². The van der Waals surface area contributed by atoms with Crippen molar-refractivity contribution in [1.82, 2.24) is 9.88 Å². The molecule has 7 heteroatoms. The molecule has 1 saturated heterocycles. The lowest BCUT2D eigenvalue weighted by atomic mass is 9.95. The van der Waals surface area contributed by atoms with E-state index in [9.17, 15) is 14.7 Å². The van der Waals surface area contributed by atoms with Crippen molar-refractivity contribution >= 4 is 17.4 Å². The van der Waals surface area contributed by atoms with Gasteiger partial charge in [-0.2, -0.15) is 0 Å². The van der Waals surface area contributed by atoms with Crippen LogP contribution in [-0.4, -0.2) is 53.0 Å². The second kappa shape index (κ2) is 9.75. The first-order chi connectivity index (χ1) is 14.8. The molecule has 1 aliphatic heterocycles. The maximum atomic E-state index is 13.0. The first-order valence-corrected chi connectivity index (χ1v) is 10.3. The topological polar surface area (TPSA) is 89.0 Å². The molecule has 1 aromatic heterocycles. The number of amides is 1. The van der Waals surface area contributed by atoms with Gasteiger partial charge in [0, 0.05) is 38.2 Å². The van der Waals surface area contributed by atoms with Crippen LogP contribution in [0.2, 0.25) is 0 Å². The average molecular weight is 424 g/mol. The van der Waals surface area contributed by atoms with Gasteiger partial charge < -0.3 is 19.5 Å². The van der Waals surface area contributed by atoms with Crippen molar-refractivity contribution in [2.24, 2.45) is 0 Å². The lowest BCUT2D eigenvalue weighted by Crippen LogP contribution is -2.31. The summed E-state index contributed by atoms with van der Waals surface area (Å²) in [6.07, 6.45) is 3.82. The Morgan fingerprint density at radius 3 is 2.65 bits per heavy atom. The minimum absolute atomic E-state index is 0.0150. The Bertz CT molecular complexity index is 985. The van der Waals surface area contributed by atoms with Crippen LogP contribution < -0.4 is 4.74 Å². The van der Waals surface area contributed by atoms with Crippen LogP contribution in [0, 0.1) is 6.92 Å². The van der Waals surface area contributed by atoms with Crippen LogP contribution in [0.5, 0.6) is 5.75 Å². The molecule has 1 aliphatic rings. The molecule has 164 valence electrons. The Balaban J connectivity index is 2.07. The third-order valence-electron chi connectivity index (χ3n) is 5.10. The van der Waals surface area contributed by atoms with E-state index in [-0.39, 0.29) is 17.4 Å². The fourth-order valence-electron chi connectivity index (χ4n) is 3.71. The van der Waals surface area contributed by atoms with Gasteiger partial charge in [0.15, 0.2) is 0 Å². The average Bonchev–Trinajstić information content (AvgIpc) is 3.00.